The summed E-state index contributed by atoms with van der Waals surface area (Å²) in [6.45, 7) is 1.96. The predicted octanol–water partition coefficient (Wildman–Crippen LogP) is 0.788. The average Bonchev–Trinajstić information content (AvgIpc) is 2.15. The smallest absolute Gasteiger partial charge is 0.134 e. The van der Waals surface area contributed by atoms with Crippen molar-refractivity contribution in [1.29, 1.82) is 0 Å². The first-order chi connectivity index (χ1) is 6.24. The summed E-state index contributed by atoms with van der Waals surface area (Å²) in [5.41, 5.74) is 6.40. The first kappa shape index (κ1) is 9.86. The topological polar surface area (TPSA) is 56.0 Å². The summed E-state index contributed by atoms with van der Waals surface area (Å²) in [4.78, 5) is 15.2. The molecule has 1 atom stereocenters. The zero-order chi connectivity index (χ0) is 9.68. The van der Waals surface area contributed by atoms with Gasteiger partial charge in [-0.15, -0.1) is 0 Å². The highest BCUT2D eigenvalue weighted by Gasteiger charge is 2.12. The fourth-order valence-electron chi connectivity index (χ4n) is 1.16. The second kappa shape index (κ2) is 4.72. The largest absolute Gasteiger partial charge is 0.330 e. The van der Waals surface area contributed by atoms with E-state index in [4.69, 9.17) is 5.73 Å². The van der Waals surface area contributed by atoms with Crippen molar-refractivity contribution < 1.29 is 4.79 Å². The van der Waals surface area contributed by atoms with E-state index < -0.39 is 0 Å². The molecule has 0 fully saturated rings. The third kappa shape index (κ3) is 2.95. The molecule has 0 aliphatic heterocycles. The van der Waals surface area contributed by atoms with E-state index in [1.807, 2.05) is 18.2 Å². The number of nitrogens with zero attached hydrogens (tertiary/aromatic N) is 1. The lowest BCUT2D eigenvalue weighted by Crippen LogP contribution is -2.23. The molecule has 2 N–H and O–H groups in total. The number of hydrogen-bond acceptors (Lipinski definition) is 3. The fraction of sp³-hybridized carbons (Fsp3) is 0.400. The van der Waals surface area contributed by atoms with Gasteiger partial charge in [0.15, 0.2) is 0 Å². The molecule has 0 spiro atoms. The summed E-state index contributed by atoms with van der Waals surface area (Å²) < 4.78 is 0. The molecular formula is C10H14N2O. The molecule has 1 unspecified atom stereocenters. The number of rotatable bonds is 4. The van der Waals surface area contributed by atoms with Gasteiger partial charge in [0.25, 0.3) is 0 Å². The lowest BCUT2D eigenvalue weighted by atomic mass is 9.99. The number of carbonyl (C=O) groups is 1. The number of aromatic nitrogens is 1. The Bertz CT molecular complexity index is 272. The predicted molar refractivity (Wildman–Crippen MR) is 51.2 cm³/mol. The highest BCUT2D eigenvalue weighted by molar-refractivity contribution is 5.78. The molecule has 1 aromatic rings. The molecule has 3 nitrogen and oxygen atoms in total. The van der Waals surface area contributed by atoms with Crippen LogP contribution in [0.1, 0.15) is 12.6 Å². The van der Waals surface area contributed by atoms with Gasteiger partial charge in [0.2, 0.25) is 0 Å². The van der Waals surface area contributed by atoms with Crippen LogP contribution in [0.2, 0.25) is 0 Å². The van der Waals surface area contributed by atoms with Crippen molar-refractivity contribution in [1.82, 2.24) is 4.98 Å². The third-order valence-electron chi connectivity index (χ3n) is 2.04. The minimum atomic E-state index is -0.0881. The van der Waals surface area contributed by atoms with Crippen LogP contribution in [0.25, 0.3) is 0 Å². The normalized spacial score (nSPS) is 12.5. The van der Waals surface area contributed by atoms with Gasteiger partial charge in [0.05, 0.1) is 0 Å². The van der Waals surface area contributed by atoms with Crippen molar-refractivity contribution in [2.75, 3.05) is 6.54 Å². The number of pyridine rings is 1. The maximum Gasteiger partial charge on any atom is 0.134 e. The zero-order valence-electron chi connectivity index (χ0n) is 7.73. The third-order valence-corrected chi connectivity index (χ3v) is 2.04. The van der Waals surface area contributed by atoms with Crippen molar-refractivity contribution >= 4 is 5.78 Å². The van der Waals surface area contributed by atoms with Crippen LogP contribution < -0.4 is 5.73 Å². The average molecular weight is 178 g/mol. The monoisotopic (exact) mass is 178 g/mol. The van der Waals surface area contributed by atoms with Gasteiger partial charge in [-0.25, -0.2) is 0 Å². The van der Waals surface area contributed by atoms with Crippen molar-refractivity contribution in [3.05, 3.63) is 30.1 Å². The van der Waals surface area contributed by atoms with Crippen LogP contribution in [0, 0.1) is 5.92 Å². The molecule has 0 amide bonds. The Morgan fingerprint density at radius 1 is 1.62 bits per heavy atom. The van der Waals surface area contributed by atoms with Crippen molar-refractivity contribution in [2.24, 2.45) is 11.7 Å². The quantitative estimate of drug-likeness (QED) is 0.741. The summed E-state index contributed by atoms with van der Waals surface area (Å²) in [6.07, 6.45) is 2.37. The van der Waals surface area contributed by atoms with Gasteiger partial charge in [-0.1, -0.05) is 6.07 Å². The summed E-state index contributed by atoms with van der Waals surface area (Å²) in [5, 5.41) is 0. The number of Topliss-reactive ketones (excluding diaryl/α,β-unsaturated/α-hetero) is 1. The highest BCUT2D eigenvalue weighted by Crippen LogP contribution is 2.05. The van der Waals surface area contributed by atoms with Gasteiger partial charge >= 0.3 is 0 Å². The van der Waals surface area contributed by atoms with E-state index in [2.05, 4.69) is 4.98 Å². The minimum absolute atomic E-state index is 0.0881. The van der Waals surface area contributed by atoms with Crippen molar-refractivity contribution in [2.45, 2.75) is 13.3 Å². The number of ketones is 1. The van der Waals surface area contributed by atoms with Gasteiger partial charge in [0.1, 0.15) is 5.78 Å². The molecule has 13 heavy (non-hydrogen) atoms. The molecule has 0 aromatic carbocycles. The van der Waals surface area contributed by atoms with E-state index >= 15 is 0 Å². The fourth-order valence-corrected chi connectivity index (χ4v) is 1.16. The minimum Gasteiger partial charge on any atom is -0.330 e. The first-order valence-electron chi connectivity index (χ1n) is 4.34. The van der Waals surface area contributed by atoms with Gasteiger partial charge in [-0.2, -0.15) is 0 Å². The van der Waals surface area contributed by atoms with Gasteiger partial charge in [-0.3, -0.25) is 9.78 Å². The molecule has 0 aliphatic carbocycles. The summed E-state index contributed by atoms with van der Waals surface area (Å²) in [6, 6.07) is 5.68. The van der Waals surface area contributed by atoms with Crippen LogP contribution in [0.4, 0.5) is 0 Å². The van der Waals surface area contributed by atoms with Gasteiger partial charge < -0.3 is 5.73 Å². The van der Waals surface area contributed by atoms with Crippen LogP contribution >= 0.6 is 0 Å². The summed E-state index contributed by atoms with van der Waals surface area (Å²) in [7, 11) is 0. The molecule has 1 rings (SSSR count). The van der Waals surface area contributed by atoms with E-state index in [1.54, 1.807) is 13.1 Å². The van der Waals surface area contributed by atoms with Crippen LogP contribution in [0.5, 0.6) is 0 Å². The summed E-state index contributed by atoms with van der Waals surface area (Å²) >= 11 is 0. The zero-order valence-corrected chi connectivity index (χ0v) is 7.73. The molecule has 0 bridgehead atoms. The lowest BCUT2D eigenvalue weighted by Gasteiger charge is -2.09. The van der Waals surface area contributed by atoms with Crippen LogP contribution in [-0.4, -0.2) is 17.3 Å². The standard InChI is InChI=1S/C10H14N2O/c1-8(13)9(7-11)6-10-4-2-3-5-12-10/h2-5,9H,6-7,11H2,1H3. The van der Waals surface area contributed by atoms with E-state index in [0.29, 0.717) is 13.0 Å². The Labute approximate surface area is 78.0 Å². The Balaban J connectivity index is 2.62. The lowest BCUT2D eigenvalue weighted by molar-refractivity contribution is -0.120. The van der Waals surface area contributed by atoms with E-state index in [1.165, 1.54) is 0 Å². The van der Waals surface area contributed by atoms with Gasteiger partial charge in [0, 0.05) is 30.8 Å². The Hall–Kier alpha value is -1.22. The molecule has 3 heteroatoms. The maximum absolute atomic E-state index is 11.1. The molecule has 0 saturated heterocycles. The second-order valence-corrected chi connectivity index (χ2v) is 3.07. The van der Waals surface area contributed by atoms with Crippen molar-refractivity contribution in [3.8, 4) is 0 Å². The first-order valence-corrected chi connectivity index (χ1v) is 4.34. The Morgan fingerprint density at radius 2 is 2.38 bits per heavy atom. The number of hydrogen-bond donors (Lipinski definition) is 1. The van der Waals surface area contributed by atoms with Gasteiger partial charge in [-0.05, 0) is 19.1 Å². The Kier molecular flexibility index (Phi) is 3.58. The molecule has 0 saturated carbocycles. The molecular weight excluding hydrogens is 164 g/mol. The van der Waals surface area contributed by atoms with E-state index in [0.717, 1.165) is 5.69 Å². The molecule has 1 heterocycles. The SMILES string of the molecule is CC(=O)C(CN)Cc1ccccn1. The maximum atomic E-state index is 11.1. The molecule has 1 aromatic heterocycles. The molecule has 0 radical (unpaired) electrons. The van der Waals surface area contributed by atoms with E-state index in [-0.39, 0.29) is 11.7 Å². The highest BCUT2D eigenvalue weighted by atomic mass is 16.1. The summed E-state index contributed by atoms with van der Waals surface area (Å²) in [5.74, 6) is 0.0445. The molecule has 70 valence electrons. The van der Waals surface area contributed by atoms with Crippen LogP contribution in [0.3, 0.4) is 0 Å². The van der Waals surface area contributed by atoms with E-state index in [9.17, 15) is 4.79 Å². The number of carbonyl (C=O) groups excluding carboxylic acids is 1. The van der Waals surface area contributed by atoms with Crippen molar-refractivity contribution in [3.63, 3.8) is 0 Å². The molecule has 0 aliphatic rings. The van der Waals surface area contributed by atoms with Crippen LogP contribution in [0.15, 0.2) is 24.4 Å². The van der Waals surface area contributed by atoms with Crippen LogP contribution in [-0.2, 0) is 11.2 Å². The Morgan fingerprint density at radius 3 is 2.85 bits per heavy atom. The second-order valence-electron chi connectivity index (χ2n) is 3.07. The number of nitrogens with two attached hydrogens (primary N) is 1.